The van der Waals surface area contributed by atoms with Crippen LogP contribution in [0.4, 0.5) is 5.69 Å². The van der Waals surface area contributed by atoms with E-state index in [1.165, 1.54) is 19.3 Å². The Hall–Kier alpha value is -3.09. The van der Waals surface area contributed by atoms with E-state index in [1.54, 1.807) is 11.0 Å². The molecule has 0 saturated carbocycles. The first-order chi connectivity index (χ1) is 12.1. The highest BCUT2D eigenvalue weighted by atomic mass is 16.5. The van der Waals surface area contributed by atoms with Crippen molar-refractivity contribution in [1.29, 1.82) is 0 Å². The normalized spacial score (nSPS) is 13.9. The first kappa shape index (κ1) is 16.8. The molecule has 0 spiro atoms. The molecule has 0 bridgehead atoms. The van der Waals surface area contributed by atoms with E-state index in [-0.39, 0.29) is 18.3 Å². The van der Waals surface area contributed by atoms with Crippen molar-refractivity contribution in [3.05, 3.63) is 54.0 Å². The van der Waals surface area contributed by atoms with Gasteiger partial charge >= 0.3 is 5.97 Å². The Morgan fingerprint density at radius 1 is 1.24 bits per heavy atom. The fourth-order valence-corrected chi connectivity index (χ4v) is 2.67. The van der Waals surface area contributed by atoms with Gasteiger partial charge in [0.1, 0.15) is 6.04 Å². The quantitative estimate of drug-likeness (QED) is 0.833. The zero-order valence-electron chi connectivity index (χ0n) is 13.7. The summed E-state index contributed by atoms with van der Waals surface area (Å²) in [6.07, 6.45) is 2.15. The van der Waals surface area contributed by atoms with Crippen molar-refractivity contribution in [1.82, 2.24) is 5.32 Å². The van der Waals surface area contributed by atoms with Crippen molar-refractivity contribution in [3.63, 3.8) is 0 Å². The number of benzene rings is 1. The van der Waals surface area contributed by atoms with E-state index < -0.39 is 17.9 Å². The van der Waals surface area contributed by atoms with Gasteiger partial charge in [-0.3, -0.25) is 9.59 Å². The van der Waals surface area contributed by atoms with Crippen LogP contribution < -0.4 is 10.2 Å². The minimum Gasteiger partial charge on any atom is -0.459 e. The molecular weight excluding hydrogens is 324 g/mol. The molecule has 7 nitrogen and oxygen atoms in total. The van der Waals surface area contributed by atoms with E-state index in [1.807, 2.05) is 24.3 Å². The molecule has 2 heterocycles. The molecule has 0 aliphatic carbocycles. The molecule has 1 aromatic heterocycles. The molecule has 1 aliphatic rings. The summed E-state index contributed by atoms with van der Waals surface area (Å²) in [5, 5.41) is 2.46. The summed E-state index contributed by atoms with van der Waals surface area (Å²) in [7, 11) is 0. The Morgan fingerprint density at radius 3 is 2.80 bits per heavy atom. The third kappa shape index (κ3) is 3.71. The van der Waals surface area contributed by atoms with E-state index >= 15 is 0 Å². The number of anilines is 1. The lowest BCUT2D eigenvalue weighted by Crippen LogP contribution is -2.41. The van der Waals surface area contributed by atoms with Gasteiger partial charge in [0.15, 0.2) is 12.4 Å². The highest BCUT2D eigenvalue weighted by molar-refractivity contribution is 5.98. The predicted octanol–water partition coefficient (Wildman–Crippen LogP) is 1.53. The van der Waals surface area contributed by atoms with E-state index in [0.29, 0.717) is 6.54 Å². The van der Waals surface area contributed by atoms with Crippen LogP contribution >= 0.6 is 0 Å². The molecule has 0 saturated heterocycles. The largest absolute Gasteiger partial charge is 0.459 e. The number of amides is 2. The second kappa shape index (κ2) is 7.21. The van der Waals surface area contributed by atoms with Crippen molar-refractivity contribution in [3.8, 4) is 0 Å². The summed E-state index contributed by atoms with van der Waals surface area (Å²) in [4.78, 5) is 37.7. The summed E-state index contributed by atoms with van der Waals surface area (Å²) in [5.41, 5.74) is 1.95. The molecule has 1 atom stereocenters. The second-order valence-corrected chi connectivity index (χ2v) is 5.70. The van der Waals surface area contributed by atoms with Crippen LogP contribution in [0.25, 0.3) is 0 Å². The lowest BCUT2D eigenvalue weighted by Gasteiger charge is -2.18. The summed E-state index contributed by atoms with van der Waals surface area (Å²) in [6.45, 7) is 1.69. The SMILES string of the molecule is C[C@H](NC(=O)c1ccco1)C(=O)OCC(=O)N1CCc2ccccc21. The second-order valence-electron chi connectivity index (χ2n) is 5.70. The van der Waals surface area contributed by atoms with Crippen LogP contribution in [0, 0.1) is 0 Å². The Labute approximate surface area is 144 Å². The van der Waals surface area contributed by atoms with E-state index in [9.17, 15) is 14.4 Å². The van der Waals surface area contributed by atoms with Gasteiger partial charge in [0.2, 0.25) is 0 Å². The first-order valence-electron chi connectivity index (χ1n) is 7.95. The van der Waals surface area contributed by atoms with Crippen molar-refractivity contribution >= 4 is 23.5 Å². The topological polar surface area (TPSA) is 88.9 Å². The van der Waals surface area contributed by atoms with Crippen LogP contribution in [0.3, 0.4) is 0 Å². The van der Waals surface area contributed by atoms with E-state index in [2.05, 4.69) is 5.32 Å². The molecule has 3 rings (SSSR count). The minimum absolute atomic E-state index is 0.101. The third-order valence-corrected chi connectivity index (χ3v) is 3.97. The number of hydrogen-bond donors (Lipinski definition) is 1. The van der Waals surface area contributed by atoms with Gasteiger partial charge in [-0.1, -0.05) is 18.2 Å². The number of rotatable bonds is 5. The van der Waals surface area contributed by atoms with Crippen molar-refractivity contribution in [2.24, 2.45) is 0 Å². The van der Waals surface area contributed by atoms with Crippen LogP contribution in [0.2, 0.25) is 0 Å². The van der Waals surface area contributed by atoms with E-state index in [0.717, 1.165) is 17.7 Å². The van der Waals surface area contributed by atoms with Crippen LogP contribution in [0.15, 0.2) is 47.1 Å². The van der Waals surface area contributed by atoms with Gasteiger partial charge in [-0.2, -0.15) is 0 Å². The smallest absolute Gasteiger partial charge is 0.328 e. The monoisotopic (exact) mass is 342 g/mol. The molecule has 2 aromatic rings. The number of carbonyl (C=O) groups is 3. The number of esters is 1. The van der Waals surface area contributed by atoms with Crippen molar-refractivity contribution in [2.75, 3.05) is 18.1 Å². The van der Waals surface area contributed by atoms with Crippen LogP contribution in [0.1, 0.15) is 23.0 Å². The maximum Gasteiger partial charge on any atom is 0.328 e. The van der Waals surface area contributed by atoms with Crippen LogP contribution in [-0.2, 0) is 20.7 Å². The Kier molecular flexibility index (Phi) is 4.83. The predicted molar refractivity (Wildman–Crippen MR) is 89.1 cm³/mol. The van der Waals surface area contributed by atoms with Crippen molar-refractivity contribution < 1.29 is 23.5 Å². The highest BCUT2D eigenvalue weighted by Gasteiger charge is 2.26. The van der Waals surface area contributed by atoms with E-state index in [4.69, 9.17) is 9.15 Å². The van der Waals surface area contributed by atoms with Gasteiger partial charge in [0.05, 0.1) is 6.26 Å². The number of ether oxygens (including phenoxy) is 1. The molecule has 1 N–H and O–H groups in total. The van der Waals surface area contributed by atoms with Gasteiger partial charge < -0.3 is 19.4 Å². The molecule has 0 radical (unpaired) electrons. The van der Waals surface area contributed by atoms with Crippen LogP contribution in [0.5, 0.6) is 0 Å². The Balaban J connectivity index is 1.50. The van der Waals surface area contributed by atoms with Gasteiger partial charge in [-0.15, -0.1) is 0 Å². The molecule has 25 heavy (non-hydrogen) atoms. The number of nitrogens with zero attached hydrogens (tertiary/aromatic N) is 1. The fraction of sp³-hybridized carbons (Fsp3) is 0.278. The maximum absolute atomic E-state index is 12.3. The number of carbonyl (C=O) groups excluding carboxylic acids is 3. The lowest BCUT2D eigenvalue weighted by atomic mass is 10.2. The van der Waals surface area contributed by atoms with Crippen molar-refractivity contribution in [2.45, 2.75) is 19.4 Å². The standard InChI is InChI=1S/C18H18N2O5/c1-12(19-17(22)15-7-4-10-24-15)18(23)25-11-16(21)20-9-8-13-5-2-3-6-14(13)20/h2-7,10,12H,8-9,11H2,1H3,(H,19,22)/t12-/m0/s1. The van der Waals surface area contributed by atoms with Gasteiger partial charge in [0.25, 0.3) is 11.8 Å². The average Bonchev–Trinajstić information content (AvgIpc) is 3.28. The first-order valence-corrected chi connectivity index (χ1v) is 7.95. The number of para-hydroxylation sites is 1. The van der Waals surface area contributed by atoms with Crippen LogP contribution in [-0.4, -0.2) is 37.0 Å². The Bertz CT molecular complexity index is 785. The number of hydrogen-bond acceptors (Lipinski definition) is 5. The molecule has 0 unspecified atom stereocenters. The summed E-state index contributed by atoms with van der Waals surface area (Å²) in [6, 6.07) is 9.80. The summed E-state index contributed by atoms with van der Waals surface area (Å²) in [5.74, 6) is -1.39. The summed E-state index contributed by atoms with van der Waals surface area (Å²) < 4.78 is 9.99. The third-order valence-electron chi connectivity index (χ3n) is 3.97. The van der Waals surface area contributed by atoms with Gasteiger partial charge in [0, 0.05) is 12.2 Å². The molecule has 130 valence electrons. The Morgan fingerprint density at radius 2 is 2.04 bits per heavy atom. The fourth-order valence-electron chi connectivity index (χ4n) is 2.67. The maximum atomic E-state index is 12.3. The minimum atomic E-state index is -0.892. The zero-order chi connectivity index (χ0) is 17.8. The molecule has 2 amide bonds. The number of nitrogens with one attached hydrogen (secondary N) is 1. The molecule has 7 heteroatoms. The molecule has 1 aliphatic heterocycles. The molecular formula is C18H18N2O5. The zero-order valence-corrected chi connectivity index (χ0v) is 13.7. The number of furan rings is 1. The highest BCUT2D eigenvalue weighted by Crippen LogP contribution is 2.27. The summed E-state index contributed by atoms with van der Waals surface area (Å²) >= 11 is 0. The van der Waals surface area contributed by atoms with Gasteiger partial charge in [-0.25, -0.2) is 4.79 Å². The molecule has 0 fully saturated rings. The number of fused-ring (bicyclic) bond motifs is 1. The van der Waals surface area contributed by atoms with Gasteiger partial charge in [-0.05, 0) is 37.1 Å². The lowest BCUT2D eigenvalue weighted by molar-refractivity contribution is -0.149. The average molecular weight is 342 g/mol. The molecule has 1 aromatic carbocycles.